The minimum atomic E-state index is -0.385. The second-order valence-corrected chi connectivity index (χ2v) is 10.5. The maximum atomic E-state index is 13.6. The first-order chi connectivity index (χ1) is 20.2. The molecule has 3 aromatic carbocycles. The van der Waals surface area contributed by atoms with Crippen molar-refractivity contribution >= 4 is 22.8 Å². The number of nitrogens with zero attached hydrogens (tertiary/aromatic N) is 1. The van der Waals surface area contributed by atoms with E-state index < -0.39 is 0 Å². The van der Waals surface area contributed by atoms with Crippen LogP contribution in [0.25, 0.3) is 33.4 Å². The number of ether oxygens (including phenoxy) is 1. The first kappa shape index (κ1) is 28.5. The molecule has 7 nitrogen and oxygen atoms in total. The van der Waals surface area contributed by atoms with Crippen molar-refractivity contribution in [3.8, 4) is 28.2 Å². The monoisotopic (exact) mass is 565 g/mol. The van der Waals surface area contributed by atoms with Gasteiger partial charge in [-0.25, -0.2) is 4.39 Å². The molecule has 2 amide bonds. The first-order valence-electron chi connectivity index (χ1n) is 13.7. The van der Waals surface area contributed by atoms with Crippen LogP contribution in [0.1, 0.15) is 45.8 Å². The molecule has 2 N–H and O–H groups in total. The van der Waals surface area contributed by atoms with Crippen LogP contribution in [0, 0.1) is 18.7 Å². The number of furan rings is 1. The van der Waals surface area contributed by atoms with E-state index in [4.69, 9.17) is 9.15 Å². The van der Waals surface area contributed by atoms with Crippen LogP contribution in [0.15, 0.2) is 83.4 Å². The van der Waals surface area contributed by atoms with Gasteiger partial charge in [0.15, 0.2) is 0 Å². The largest absolute Gasteiger partial charge is 0.487 e. The smallest absolute Gasteiger partial charge is 0.255 e. The van der Waals surface area contributed by atoms with Gasteiger partial charge in [0.25, 0.3) is 11.8 Å². The summed E-state index contributed by atoms with van der Waals surface area (Å²) in [5.41, 5.74) is 5.10. The van der Waals surface area contributed by atoms with Crippen molar-refractivity contribution in [1.82, 2.24) is 15.6 Å². The van der Waals surface area contributed by atoms with Crippen LogP contribution in [0.2, 0.25) is 0 Å². The molecule has 0 saturated carbocycles. The second-order valence-electron chi connectivity index (χ2n) is 10.5. The van der Waals surface area contributed by atoms with Crippen LogP contribution in [-0.4, -0.2) is 30.4 Å². The lowest BCUT2D eigenvalue weighted by atomic mass is 9.98. The van der Waals surface area contributed by atoms with Gasteiger partial charge in [-0.15, -0.1) is 0 Å². The highest BCUT2D eigenvalue weighted by atomic mass is 19.1. The molecule has 5 rings (SSSR count). The number of amides is 2. The first-order valence-corrected chi connectivity index (χ1v) is 13.7. The van der Waals surface area contributed by atoms with Crippen molar-refractivity contribution < 1.29 is 23.1 Å². The average molecular weight is 566 g/mol. The van der Waals surface area contributed by atoms with Crippen molar-refractivity contribution in [2.24, 2.45) is 5.92 Å². The van der Waals surface area contributed by atoms with E-state index in [9.17, 15) is 14.0 Å². The Bertz CT molecular complexity index is 1740. The third-order valence-corrected chi connectivity index (χ3v) is 6.82. The molecule has 42 heavy (non-hydrogen) atoms. The van der Waals surface area contributed by atoms with Crippen LogP contribution >= 0.6 is 0 Å². The zero-order chi connectivity index (χ0) is 29.8. The summed E-state index contributed by atoms with van der Waals surface area (Å²) in [4.78, 5) is 30.5. The fourth-order valence-corrected chi connectivity index (χ4v) is 4.58. The Labute approximate surface area is 243 Å². The van der Waals surface area contributed by atoms with Crippen LogP contribution in [0.3, 0.4) is 0 Å². The predicted octanol–water partition coefficient (Wildman–Crippen LogP) is 6.93. The summed E-state index contributed by atoms with van der Waals surface area (Å²) in [6.45, 7) is 6.82. The van der Waals surface area contributed by atoms with Gasteiger partial charge in [0, 0.05) is 41.9 Å². The lowest BCUT2D eigenvalue weighted by molar-refractivity contribution is 0.0945. The quantitative estimate of drug-likeness (QED) is 0.202. The van der Waals surface area contributed by atoms with Gasteiger partial charge in [-0.1, -0.05) is 26.0 Å². The van der Waals surface area contributed by atoms with E-state index in [2.05, 4.69) is 15.6 Å². The maximum absolute atomic E-state index is 13.6. The SMILES string of the molecule is CNC(=O)c1c(-c2ccc(F)cc2)oc2ccc(-c3cc(C(=O)NCC(C)C)ccc3OCc3ccc(C)cn3)cc12. The van der Waals surface area contributed by atoms with E-state index in [-0.39, 0.29) is 24.2 Å². The summed E-state index contributed by atoms with van der Waals surface area (Å²) >= 11 is 0. The number of fused-ring (bicyclic) bond motifs is 1. The highest BCUT2D eigenvalue weighted by Gasteiger charge is 2.23. The van der Waals surface area contributed by atoms with Crippen molar-refractivity contribution in [2.75, 3.05) is 13.6 Å². The number of benzene rings is 3. The standard InChI is InChI=1S/C34H32FN3O4/c1-20(2)17-38-33(39)24-9-13-29(41-19-26-12-5-21(3)18-37-26)27(16-24)23-8-14-30-28(15-23)31(34(40)36-4)32(42-30)22-6-10-25(35)11-7-22/h5-16,18,20H,17,19H2,1-4H3,(H,36,40)(H,38,39). The molecule has 8 heteroatoms. The zero-order valence-corrected chi connectivity index (χ0v) is 24.0. The molecule has 0 aliphatic heterocycles. The van der Waals surface area contributed by atoms with Gasteiger partial charge >= 0.3 is 0 Å². The summed E-state index contributed by atoms with van der Waals surface area (Å²) in [6.07, 6.45) is 1.79. The Morgan fingerprint density at radius 2 is 1.71 bits per heavy atom. The molecular formula is C34H32FN3O4. The molecule has 0 bridgehead atoms. The topological polar surface area (TPSA) is 93.5 Å². The summed E-state index contributed by atoms with van der Waals surface area (Å²) in [5.74, 6) is 0.287. The third-order valence-electron chi connectivity index (χ3n) is 6.82. The number of carbonyl (C=O) groups is 2. The van der Waals surface area contributed by atoms with E-state index in [0.717, 1.165) is 16.8 Å². The van der Waals surface area contributed by atoms with Crippen molar-refractivity contribution in [1.29, 1.82) is 0 Å². The third kappa shape index (κ3) is 6.17. The second kappa shape index (κ2) is 12.3. The molecule has 5 aromatic rings. The number of aryl methyl sites for hydroxylation is 1. The molecule has 0 fully saturated rings. The molecule has 214 valence electrons. The molecule has 0 unspecified atom stereocenters. The Morgan fingerprint density at radius 3 is 2.40 bits per heavy atom. The van der Waals surface area contributed by atoms with Gasteiger partial charge in [0.05, 0.1) is 11.3 Å². The summed E-state index contributed by atoms with van der Waals surface area (Å²) < 4.78 is 26.0. The number of pyridine rings is 1. The number of nitrogens with one attached hydrogen (secondary N) is 2. The lowest BCUT2D eigenvalue weighted by Crippen LogP contribution is -2.27. The lowest BCUT2D eigenvalue weighted by Gasteiger charge is -2.14. The average Bonchev–Trinajstić information content (AvgIpc) is 3.38. The van der Waals surface area contributed by atoms with Gasteiger partial charge in [-0.3, -0.25) is 14.6 Å². The van der Waals surface area contributed by atoms with Gasteiger partial charge in [0.2, 0.25) is 0 Å². The van der Waals surface area contributed by atoms with E-state index >= 15 is 0 Å². The fraction of sp³-hybridized carbons (Fsp3) is 0.206. The van der Waals surface area contributed by atoms with E-state index in [0.29, 0.717) is 57.2 Å². The molecule has 0 radical (unpaired) electrons. The van der Waals surface area contributed by atoms with Crippen LogP contribution in [0.4, 0.5) is 4.39 Å². The minimum absolute atomic E-state index is 0.189. The maximum Gasteiger partial charge on any atom is 0.255 e. The van der Waals surface area contributed by atoms with Crippen molar-refractivity contribution in [3.63, 3.8) is 0 Å². The summed E-state index contributed by atoms with van der Waals surface area (Å²) in [7, 11) is 1.55. The zero-order valence-electron chi connectivity index (χ0n) is 24.0. The van der Waals surface area contributed by atoms with E-state index in [1.165, 1.54) is 12.1 Å². The number of hydrogen-bond donors (Lipinski definition) is 2. The fourth-order valence-electron chi connectivity index (χ4n) is 4.58. The predicted molar refractivity (Wildman–Crippen MR) is 161 cm³/mol. The Balaban J connectivity index is 1.61. The molecule has 0 saturated heterocycles. The molecule has 2 heterocycles. The number of halogens is 1. The molecule has 2 aromatic heterocycles. The summed E-state index contributed by atoms with van der Waals surface area (Å²) in [6, 6.07) is 20.5. The summed E-state index contributed by atoms with van der Waals surface area (Å²) in [5, 5.41) is 6.22. The molecule has 0 spiro atoms. The van der Waals surface area contributed by atoms with Gasteiger partial charge in [0.1, 0.15) is 29.5 Å². The van der Waals surface area contributed by atoms with Crippen molar-refractivity contribution in [3.05, 3.63) is 107 Å². The highest BCUT2D eigenvalue weighted by Crippen LogP contribution is 2.38. The Kier molecular flexibility index (Phi) is 8.33. The van der Waals surface area contributed by atoms with Gasteiger partial charge in [-0.05, 0) is 84.6 Å². The van der Waals surface area contributed by atoms with E-state index in [1.807, 2.05) is 45.0 Å². The van der Waals surface area contributed by atoms with Gasteiger partial charge in [-0.2, -0.15) is 0 Å². The number of carbonyl (C=O) groups excluding carboxylic acids is 2. The highest BCUT2D eigenvalue weighted by molar-refractivity contribution is 6.12. The molecule has 0 aliphatic rings. The van der Waals surface area contributed by atoms with Crippen LogP contribution < -0.4 is 15.4 Å². The number of aromatic nitrogens is 1. The van der Waals surface area contributed by atoms with Gasteiger partial charge < -0.3 is 19.8 Å². The normalized spacial score (nSPS) is 11.1. The molecular weight excluding hydrogens is 533 g/mol. The van der Waals surface area contributed by atoms with Crippen LogP contribution in [0.5, 0.6) is 5.75 Å². The number of hydrogen-bond acceptors (Lipinski definition) is 5. The Hall–Kier alpha value is -4.98. The van der Waals surface area contributed by atoms with Crippen LogP contribution in [-0.2, 0) is 6.61 Å². The molecule has 0 atom stereocenters. The minimum Gasteiger partial charge on any atom is -0.487 e. The Morgan fingerprint density at radius 1 is 0.952 bits per heavy atom. The number of rotatable bonds is 9. The molecule has 0 aliphatic carbocycles. The van der Waals surface area contributed by atoms with Crippen molar-refractivity contribution in [2.45, 2.75) is 27.4 Å². The van der Waals surface area contributed by atoms with E-state index in [1.54, 1.807) is 49.6 Å².